The molecular formula is C48H40O7. The number of hydrogen-bond donors (Lipinski definition) is 1. The molecule has 7 heteroatoms. The minimum Gasteiger partial charge on any atom is -0.489 e. The van der Waals surface area contributed by atoms with Crippen LogP contribution in [0.1, 0.15) is 41.7 Å². The van der Waals surface area contributed by atoms with Crippen molar-refractivity contribution in [1.82, 2.24) is 0 Å². The van der Waals surface area contributed by atoms with Crippen molar-refractivity contribution < 1.29 is 28.5 Å². The zero-order valence-electron chi connectivity index (χ0n) is 30.7. The molecule has 1 N–H and O–H groups in total. The van der Waals surface area contributed by atoms with Gasteiger partial charge in [-0.2, -0.15) is 0 Å². The molecule has 7 aromatic rings. The Morgan fingerprint density at radius 1 is 0.564 bits per heavy atom. The van der Waals surface area contributed by atoms with Gasteiger partial charge in [-0.1, -0.05) is 133 Å². The Bertz CT molecular complexity index is 2480. The summed E-state index contributed by atoms with van der Waals surface area (Å²) in [6.45, 7) is 4.25. The van der Waals surface area contributed by atoms with E-state index in [9.17, 15) is 9.90 Å². The third kappa shape index (κ3) is 9.63. The number of hydrogen-bond acceptors (Lipinski definition) is 7. The Morgan fingerprint density at radius 2 is 1.04 bits per heavy atom. The first kappa shape index (κ1) is 36.6. The topological polar surface area (TPSA) is 87.4 Å². The Kier molecular flexibility index (Phi) is 11.3. The molecule has 7 rings (SSSR count). The van der Waals surface area contributed by atoms with Crippen LogP contribution in [0, 0.1) is 11.8 Å². The second-order valence-corrected chi connectivity index (χ2v) is 13.5. The van der Waals surface area contributed by atoms with Crippen molar-refractivity contribution >= 4 is 11.0 Å². The van der Waals surface area contributed by atoms with Gasteiger partial charge in [0.05, 0.1) is 11.1 Å². The molecule has 0 fully saturated rings. The van der Waals surface area contributed by atoms with E-state index in [0.29, 0.717) is 46.3 Å². The quantitative estimate of drug-likeness (QED) is 0.118. The van der Waals surface area contributed by atoms with Crippen molar-refractivity contribution in [2.45, 2.75) is 45.9 Å². The lowest BCUT2D eigenvalue weighted by Crippen LogP contribution is -2.14. The first-order chi connectivity index (χ1) is 26.8. The van der Waals surface area contributed by atoms with Crippen LogP contribution in [0.4, 0.5) is 0 Å². The fourth-order valence-corrected chi connectivity index (χ4v) is 5.85. The number of rotatable bonds is 13. The highest BCUT2D eigenvalue weighted by molar-refractivity contribution is 5.89. The van der Waals surface area contributed by atoms with Gasteiger partial charge >= 0.3 is 0 Å². The van der Waals surface area contributed by atoms with Gasteiger partial charge in [-0.05, 0) is 42.2 Å². The zero-order chi connectivity index (χ0) is 38.0. The molecule has 1 heterocycles. The van der Waals surface area contributed by atoms with Crippen molar-refractivity contribution in [1.29, 1.82) is 0 Å². The van der Waals surface area contributed by atoms with Gasteiger partial charge in [0, 0.05) is 23.8 Å². The summed E-state index contributed by atoms with van der Waals surface area (Å²) in [7, 11) is 0. The van der Waals surface area contributed by atoms with Crippen LogP contribution < -0.4 is 24.4 Å². The summed E-state index contributed by atoms with van der Waals surface area (Å²) in [5.41, 5.74) is 3.66. The maximum Gasteiger partial charge on any atom is 0.204 e. The largest absolute Gasteiger partial charge is 0.489 e. The Hall–Kier alpha value is -6.75. The smallest absolute Gasteiger partial charge is 0.204 e. The van der Waals surface area contributed by atoms with Crippen LogP contribution in [0.2, 0.25) is 0 Å². The van der Waals surface area contributed by atoms with E-state index in [0.717, 1.165) is 22.3 Å². The predicted octanol–water partition coefficient (Wildman–Crippen LogP) is 9.90. The van der Waals surface area contributed by atoms with Gasteiger partial charge in [0.15, 0.2) is 0 Å². The van der Waals surface area contributed by atoms with E-state index in [4.69, 9.17) is 23.4 Å². The van der Waals surface area contributed by atoms with Crippen molar-refractivity contribution in [3.63, 3.8) is 0 Å². The normalized spacial score (nSPS) is 11.0. The predicted molar refractivity (Wildman–Crippen MR) is 214 cm³/mol. The second kappa shape index (κ2) is 16.9. The molecule has 274 valence electrons. The molecule has 0 radical (unpaired) electrons. The Labute approximate surface area is 320 Å². The monoisotopic (exact) mass is 728 g/mol. The van der Waals surface area contributed by atoms with Gasteiger partial charge in [0.1, 0.15) is 72.3 Å². The maximum absolute atomic E-state index is 14.8. The van der Waals surface area contributed by atoms with Gasteiger partial charge in [-0.3, -0.25) is 4.79 Å². The molecule has 55 heavy (non-hydrogen) atoms. The summed E-state index contributed by atoms with van der Waals surface area (Å²) in [5.74, 6) is 7.62. The lowest BCUT2D eigenvalue weighted by atomic mass is 10.00. The highest BCUT2D eigenvalue weighted by atomic mass is 16.5. The Morgan fingerprint density at radius 3 is 1.55 bits per heavy atom. The number of benzene rings is 6. The van der Waals surface area contributed by atoms with E-state index in [1.807, 2.05) is 121 Å². The van der Waals surface area contributed by atoms with Crippen LogP contribution in [0.5, 0.6) is 23.0 Å². The van der Waals surface area contributed by atoms with E-state index in [2.05, 4.69) is 11.8 Å². The molecule has 1 aromatic heterocycles. The molecule has 7 nitrogen and oxygen atoms in total. The van der Waals surface area contributed by atoms with E-state index < -0.39 is 5.60 Å². The first-order valence-corrected chi connectivity index (χ1v) is 18.0. The third-order valence-corrected chi connectivity index (χ3v) is 8.65. The number of fused-ring (bicyclic) bond motifs is 1. The zero-order valence-corrected chi connectivity index (χ0v) is 30.7. The molecule has 6 aromatic carbocycles. The van der Waals surface area contributed by atoms with Gasteiger partial charge in [-0.15, -0.1) is 0 Å². The van der Waals surface area contributed by atoms with E-state index in [1.165, 1.54) is 6.26 Å². The molecule has 0 spiro atoms. The summed E-state index contributed by atoms with van der Waals surface area (Å²) >= 11 is 0. The van der Waals surface area contributed by atoms with E-state index in [-0.39, 0.29) is 36.2 Å². The summed E-state index contributed by atoms with van der Waals surface area (Å²) in [6, 6.07) is 46.0. The number of ether oxygens (including phenoxy) is 4. The van der Waals surface area contributed by atoms with Crippen molar-refractivity contribution in [2.75, 3.05) is 0 Å². The van der Waals surface area contributed by atoms with Gasteiger partial charge < -0.3 is 28.5 Å². The summed E-state index contributed by atoms with van der Waals surface area (Å²) in [6.07, 6.45) is 1.43. The fourth-order valence-electron chi connectivity index (χ4n) is 5.85. The lowest BCUT2D eigenvalue weighted by molar-refractivity contribution is 0.143. The van der Waals surface area contributed by atoms with Crippen LogP contribution in [-0.4, -0.2) is 10.7 Å². The van der Waals surface area contributed by atoms with E-state index >= 15 is 0 Å². The standard InChI is InChI=1S/C48H40O7/c1-48(2,50)24-23-38-25-40(43(53-31-36-19-11-5-12-20-36)28-42(38)52-30-35-17-9-4-10-18-35)41-33-55-45-27-39(51-29-34-15-7-3-8-16-34)26-44(46(45)47(41)49)54-32-37-21-13-6-14-22-37/h3-22,25-28,33,50H,29-32H2,1-2H3. The molecule has 0 bridgehead atoms. The molecule has 0 aliphatic rings. The Balaban J connectivity index is 1.35. The molecule has 0 amide bonds. The van der Waals surface area contributed by atoms with Crippen LogP contribution in [0.25, 0.3) is 22.1 Å². The molecule has 0 aliphatic heterocycles. The number of aliphatic hydroxyl groups is 1. The molecule has 0 aliphatic carbocycles. The summed E-state index contributed by atoms with van der Waals surface area (Å²) < 4.78 is 31.6. The van der Waals surface area contributed by atoms with Crippen LogP contribution in [0.15, 0.2) is 161 Å². The molecule has 0 unspecified atom stereocenters. The molecular weight excluding hydrogens is 689 g/mol. The second-order valence-electron chi connectivity index (χ2n) is 13.5. The maximum atomic E-state index is 14.8. The summed E-state index contributed by atoms with van der Waals surface area (Å²) in [5, 5.41) is 10.8. The van der Waals surface area contributed by atoms with Gasteiger partial charge in [0.25, 0.3) is 0 Å². The highest BCUT2D eigenvalue weighted by Gasteiger charge is 2.22. The SMILES string of the molecule is CC(C)(O)C#Cc1cc(-c2coc3cc(OCc4ccccc4)cc(OCc4ccccc4)c3c2=O)c(OCc2ccccc2)cc1OCc1ccccc1. The average Bonchev–Trinajstić information content (AvgIpc) is 3.21. The van der Waals surface area contributed by atoms with Gasteiger partial charge in [-0.25, -0.2) is 0 Å². The molecule has 0 saturated carbocycles. The minimum atomic E-state index is -1.29. The minimum absolute atomic E-state index is 0.220. The molecule has 0 saturated heterocycles. The highest BCUT2D eigenvalue weighted by Crippen LogP contribution is 2.38. The lowest BCUT2D eigenvalue weighted by Gasteiger charge is -2.17. The van der Waals surface area contributed by atoms with Crippen molar-refractivity contribution in [3.8, 4) is 46.0 Å². The van der Waals surface area contributed by atoms with Crippen molar-refractivity contribution in [3.05, 3.63) is 190 Å². The third-order valence-electron chi connectivity index (χ3n) is 8.65. The summed E-state index contributed by atoms with van der Waals surface area (Å²) in [4.78, 5) is 14.8. The fraction of sp³-hybridized carbons (Fsp3) is 0.146. The van der Waals surface area contributed by atoms with Crippen LogP contribution in [-0.2, 0) is 26.4 Å². The van der Waals surface area contributed by atoms with E-state index in [1.54, 1.807) is 38.1 Å². The van der Waals surface area contributed by atoms with Gasteiger partial charge in [0.2, 0.25) is 5.43 Å². The molecule has 0 atom stereocenters. The van der Waals surface area contributed by atoms with Crippen LogP contribution in [0.3, 0.4) is 0 Å². The first-order valence-electron chi connectivity index (χ1n) is 18.0. The van der Waals surface area contributed by atoms with Crippen molar-refractivity contribution in [2.24, 2.45) is 0 Å². The average molecular weight is 729 g/mol. The van der Waals surface area contributed by atoms with Crippen LogP contribution >= 0.6 is 0 Å².